The molecule has 28 heavy (non-hydrogen) atoms. The minimum absolute atomic E-state index is 0.115. The molecule has 1 aromatic heterocycles. The predicted octanol–water partition coefficient (Wildman–Crippen LogP) is 3.21. The van der Waals surface area contributed by atoms with Gasteiger partial charge in [-0.2, -0.15) is 0 Å². The first-order valence-electron chi connectivity index (χ1n) is 8.72. The second kappa shape index (κ2) is 7.47. The smallest absolute Gasteiger partial charge is 0.247 e. The third kappa shape index (κ3) is 3.50. The van der Waals surface area contributed by atoms with E-state index in [0.29, 0.717) is 22.4 Å². The van der Waals surface area contributed by atoms with Gasteiger partial charge in [0.1, 0.15) is 11.0 Å². The normalized spacial score (nSPS) is 16.6. The molecule has 8 heteroatoms. The number of imide groups is 1. The van der Waals surface area contributed by atoms with E-state index in [-0.39, 0.29) is 18.2 Å². The zero-order valence-corrected chi connectivity index (χ0v) is 16.2. The van der Waals surface area contributed by atoms with Crippen molar-refractivity contribution >= 4 is 29.3 Å². The van der Waals surface area contributed by atoms with Crippen molar-refractivity contribution in [3.63, 3.8) is 0 Å². The van der Waals surface area contributed by atoms with Crippen molar-refractivity contribution in [1.29, 1.82) is 0 Å². The van der Waals surface area contributed by atoms with E-state index in [0.717, 1.165) is 11.1 Å². The maximum atomic E-state index is 12.8. The molecule has 2 heterocycles. The molecule has 2 aromatic carbocycles. The number of nitrogens with zero attached hydrogens (tertiary/aromatic N) is 3. The van der Waals surface area contributed by atoms with Gasteiger partial charge in [0, 0.05) is 12.0 Å². The number of hydrogen-bond donors (Lipinski definition) is 1. The minimum Gasteiger partial charge on any atom is -0.497 e. The lowest BCUT2D eigenvalue weighted by atomic mass is 10.1. The number of hydrogen-bond acceptors (Lipinski definition) is 6. The number of thioether (sulfide) groups is 1. The number of carbonyl (C=O) groups excluding carboxylic acids is 2. The Morgan fingerprint density at radius 3 is 2.50 bits per heavy atom. The molecule has 3 aromatic rings. The van der Waals surface area contributed by atoms with Crippen molar-refractivity contribution in [2.24, 2.45) is 0 Å². The molecule has 4 rings (SSSR count). The summed E-state index contributed by atoms with van der Waals surface area (Å²) in [7, 11) is 1.57. The van der Waals surface area contributed by atoms with Crippen molar-refractivity contribution < 1.29 is 14.3 Å². The van der Waals surface area contributed by atoms with Crippen LogP contribution in [0.25, 0.3) is 11.4 Å². The molecule has 1 atom stereocenters. The van der Waals surface area contributed by atoms with Gasteiger partial charge in [-0.15, -0.1) is 5.10 Å². The largest absolute Gasteiger partial charge is 0.497 e. The Morgan fingerprint density at radius 1 is 1.11 bits per heavy atom. The van der Waals surface area contributed by atoms with Crippen LogP contribution >= 0.6 is 11.8 Å². The number of benzene rings is 2. The first-order valence-corrected chi connectivity index (χ1v) is 9.60. The number of H-pyrrole nitrogens is 1. The molecule has 0 spiro atoms. The summed E-state index contributed by atoms with van der Waals surface area (Å²) in [5, 5.41) is 6.98. The summed E-state index contributed by atoms with van der Waals surface area (Å²) in [6, 6.07) is 14.7. The van der Waals surface area contributed by atoms with Crippen molar-refractivity contribution in [1.82, 2.24) is 15.2 Å². The Balaban J connectivity index is 1.49. The van der Waals surface area contributed by atoms with E-state index < -0.39 is 5.25 Å². The summed E-state index contributed by atoms with van der Waals surface area (Å²) >= 11 is 1.20. The van der Waals surface area contributed by atoms with E-state index in [1.54, 1.807) is 31.4 Å². The average Bonchev–Trinajstić information content (AvgIpc) is 3.27. The molecule has 1 aliphatic rings. The Labute approximate surface area is 166 Å². The summed E-state index contributed by atoms with van der Waals surface area (Å²) in [6.07, 6.45) is 0.115. The quantitative estimate of drug-likeness (QED) is 0.669. The SMILES string of the molecule is COc1ccc(N2C(=O)C[C@@H](Sc3n[nH]c(-c4ccc(C)cc4)n3)C2=O)cc1. The molecule has 2 amide bonds. The molecule has 0 bridgehead atoms. The van der Waals surface area contributed by atoms with Gasteiger partial charge in [0.25, 0.3) is 0 Å². The summed E-state index contributed by atoms with van der Waals surface area (Å²) in [5.74, 6) is 0.799. The molecule has 142 valence electrons. The highest BCUT2D eigenvalue weighted by Gasteiger charge is 2.40. The fraction of sp³-hybridized carbons (Fsp3) is 0.200. The van der Waals surface area contributed by atoms with Crippen LogP contribution in [0.1, 0.15) is 12.0 Å². The van der Waals surface area contributed by atoms with Crippen molar-refractivity contribution in [3.05, 3.63) is 54.1 Å². The monoisotopic (exact) mass is 394 g/mol. The van der Waals surface area contributed by atoms with E-state index in [4.69, 9.17) is 4.74 Å². The number of aromatic amines is 1. The molecule has 0 aliphatic carbocycles. The number of ether oxygens (including phenoxy) is 1. The molecular weight excluding hydrogens is 376 g/mol. The van der Waals surface area contributed by atoms with E-state index in [2.05, 4.69) is 15.2 Å². The van der Waals surface area contributed by atoms with Gasteiger partial charge < -0.3 is 4.74 Å². The second-order valence-corrected chi connectivity index (χ2v) is 7.58. The highest BCUT2D eigenvalue weighted by molar-refractivity contribution is 8.00. The highest BCUT2D eigenvalue weighted by Crippen LogP contribution is 2.33. The summed E-state index contributed by atoms with van der Waals surface area (Å²) in [4.78, 5) is 30.9. The van der Waals surface area contributed by atoms with Gasteiger partial charge in [-0.1, -0.05) is 41.6 Å². The summed E-state index contributed by atoms with van der Waals surface area (Å²) in [5.41, 5.74) is 2.61. The summed E-state index contributed by atoms with van der Waals surface area (Å²) < 4.78 is 5.12. The van der Waals surface area contributed by atoms with Crippen LogP contribution in [0.15, 0.2) is 53.7 Å². The lowest BCUT2D eigenvalue weighted by Gasteiger charge is -2.14. The maximum absolute atomic E-state index is 12.8. The Morgan fingerprint density at radius 2 is 1.82 bits per heavy atom. The molecular formula is C20H18N4O3S. The maximum Gasteiger partial charge on any atom is 0.247 e. The number of aryl methyl sites for hydroxylation is 1. The number of nitrogens with one attached hydrogen (secondary N) is 1. The van der Waals surface area contributed by atoms with Crippen LogP contribution in [0.5, 0.6) is 5.75 Å². The number of aromatic nitrogens is 3. The van der Waals surface area contributed by atoms with E-state index >= 15 is 0 Å². The molecule has 1 aliphatic heterocycles. The van der Waals surface area contributed by atoms with Gasteiger partial charge >= 0.3 is 0 Å². The molecule has 1 fully saturated rings. The predicted molar refractivity (Wildman–Crippen MR) is 106 cm³/mol. The third-order valence-electron chi connectivity index (χ3n) is 4.47. The van der Waals surface area contributed by atoms with Crippen molar-refractivity contribution in [2.75, 3.05) is 12.0 Å². The van der Waals surface area contributed by atoms with E-state index in [1.165, 1.54) is 16.7 Å². The fourth-order valence-corrected chi connectivity index (χ4v) is 3.89. The Bertz CT molecular complexity index is 1010. The molecule has 7 nitrogen and oxygen atoms in total. The fourth-order valence-electron chi connectivity index (χ4n) is 2.97. The lowest BCUT2D eigenvalue weighted by molar-refractivity contribution is -0.121. The standard InChI is InChI=1S/C20H18N4O3S/c1-12-3-5-13(6-4-12)18-21-20(23-22-18)28-16-11-17(25)24(19(16)26)14-7-9-15(27-2)10-8-14/h3-10,16H,11H2,1-2H3,(H,21,22,23)/t16-/m1/s1. The van der Waals surface area contributed by atoms with Crippen LogP contribution < -0.4 is 9.64 Å². The van der Waals surface area contributed by atoms with Gasteiger partial charge in [-0.05, 0) is 31.2 Å². The van der Waals surface area contributed by atoms with Crippen molar-refractivity contribution in [3.8, 4) is 17.1 Å². The third-order valence-corrected chi connectivity index (χ3v) is 5.52. The highest BCUT2D eigenvalue weighted by atomic mass is 32.2. The van der Waals surface area contributed by atoms with Crippen LogP contribution in [0.4, 0.5) is 5.69 Å². The van der Waals surface area contributed by atoms with Crippen LogP contribution in [0.3, 0.4) is 0 Å². The van der Waals surface area contributed by atoms with Gasteiger partial charge in [0.15, 0.2) is 5.82 Å². The van der Waals surface area contributed by atoms with Crippen LogP contribution in [0.2, 0.25) is 0 Å². The molecule has 0 radical (unpaired) electrons. The average molecular weight is 394 g/mol. The van der Waals surface area contributed by atoms with Gasteiger partial charge in [-0.25, -0.2) is 9.88 Å². The van der Waals surface area contributed by atoms with Crippen LogP contribution in [-0.4, -0.2) is 39.4 Å². The molecule has 1 saturated heterocycles. The van der Waals surface area contributed by atoms with Crippen molar-refractivity contribution in [2.45, 2.75) is 23.8 Å². The summed E-state index contributed by atoms with van der Waals surface area (Å²) in [6.45, 7) is 2.02. The van der Waals surface area contributed by atoms with Crippen LogP contribution in [0, 0.1) is 6.92 Å². The number of methoxy groups -OCH3 is 1. The van der Waals surface area contributed by atoms with E-state index in [1.807, 2.05) is 31.2 Å². The number of amides is 2. The molecule has 0 unspecified atom stereocenters. The Kier molecular flexibility index (Phi) is 4.87. The Hall–Kier alpha value is -3.13. The minimum atomic E-state index is -0.545. The molecule has 1 N–H and O–H groups in total. The second-order valence-electron chi connectivity index (χ2n) is 6.41. The first kappa shape index (κ1) is 18.2. The topological polar surface area (TPSA) is 88.2 Å². The van der Waals surface area contributed by atoms with E-state index in [9.17, 15) is 9.59 Å². The van der Waals surface area contributed by atoms with Crippen LogP contribution in [-0.2, 0) is 9.59 Å². The molecule has 0 saturated carbocycles. The zero-order valence-electron chi connectivity index (χ0n) is 15.4. The number of carbonyl (C=O) groups is 2. The number of rotatable bonds is 5. The lowest BCUT2D eigenvalue weighted by Crippen LogP contribution is -2.31. The number of anilines is 1. The first-order chi connectivity index (χ1) is 13.5. The van der Waals surface area contributed by atoms with Gasteiger partial charge in [0.05, 0.1) is 12.8 Å². The van der Waals surface area contributed by atoms with Gasteiger partial charge in [0.2, 0.25) is 17.0 Å². The zero-order chi connectivity index (χ0) is 19.7. The van der Waals surface area contributed by atoms with Gasteiger partial charge in [-0.3, -0.25) is 14.7 Å².